The van der Waals surface area contributed by atoms with Crippen LogP contribution < -0.4 is 10.4 Å². The standard InChI is InChI=1S/C13H13N3O2/c1-9-7-11(10-5-3-2-4-6-10)15-16(13(9)14)8-12(17)18/h2-7,14H,8H2,1H3,(H,17,18)/p+1. The van der Waals surface area contributed by atoms with E-state index < -0.39 is 5.97 Å². The first kappa shape index (κ1) is 12.0. The van der Waals surface area contributed by atoms with Crippen molar-refractivity contribution in [2.75, 3.05) is 5.73 Å². The zero-order valence-corrected chi connectivity index (χ0v) is 10.00. The summed E-state index contributed by atoms with van der Waals surface area (Å²) in [5.74, 6) is -0.596. The predicted octanol–water partition coefficient (Wildman–Crippen LogP) is 1.01. The molecule has 0 fully saturated rings. The fourth-order valence-corrected chi connectivity index (χ4v) is 1.69. The third-order valence-corrected chi connectivity index (χ3v) is 2.62. The Morgan fingerprint density at radius 2 is 2.06 bits per heavy atom. The minimum absolute atomic E-state index is 0.243. The molecule has 0 saturated carbocycles. The van der Waals surface area contributed by atoms with Gasteiger partial charge in [-0.05, 0) is 13.0 Å². The van der Waals surface area contributed by atoms with Crippen molar-refractivity contribution in [2.45, 2.75) is 13.5 Å². The van der Waals surface area contributed by atoms with E-state index >= 15 is 0 Å². The molecule has 0 saturated heterocycles. The zero-order valence-electron chi connectivity index (χ0n) is 10.00. The largest absolute Gasteiger partial charge is 0.478 e. The lowest BCUT2D eigenvalue weighted by molar-refractivity contribution is -0.729. The summed E-state index contributed by atoms with van der Waals surface area (Å²) in [6.07, 6.45) is 0. The summed E-state index contributed by atoms with van der Waals surface area (Å²) in [6.45, 7) is 1.59. The van der Waals surface area contributed by atoms with Crippen molar-refractivity contribution in [3.63, 3.8) is 0 Å². The maximum Gasteiger partial charge on any atom is 0.348 e. The second kappa shape index (κ2) is 4.83. The van der Waals surface area contributed by atoms with E-state index in [-0.39, 0.29) is 6.54 Å². The van der Waals surface area contributed by atoms with Gasteiger partial charge in [-0.3, -0.25) is 5.73 Å². The van der Waals surface area contributed by atoms with Gasteiger partial charge in [-0.25, -0.2) is 4.79 Å². The van der Waals surface area contributed by atoms with Crippen LogP contribution >= 0.6 is 0 Å². The van der Waals surface area contributed by atoms with E-state index in [4.69, 9.17) is 10.8 Å². The van der Waals surface area contributed by atoms with Crippen LogP contribution in [0.15, 0.2) is 36.4 Å². The Bertz CT molecular complexity index is 582. The Labute approximate surface area is 104 Å². The molecule has 0 atom stereocenters. The number of rotatable bonds is 3. The Morgan fingerprint density at radius 1 is 1.39 bits per heavy atom. The lowest BCUT2D eigenvalue weighted by Crippen LogP contribution is -2.45. The van der Waals surface area contributed by atoms with Gasteiger partial charge in [0.1, 0.15) is 5.69 Å². The summed E-state index contributed by atoms with van der Waals surface area (Å²) in [6, 6.07) is 11.4. The number of benzene rings is 1. The molecule has 0 unspecified atom stereocenters. The molecular weight excluding hydrogens is 230 g/mol. The van der Waals surface area contributed by atoms with Gasteiger partial charge in [0.05, 0.1) is 0 Å². The minimum atomic E-state index is -0.969. The number of nitrogens with two attached hydrogens (primary N) is 1. The molecule has 0 amide bonds. The van der Waals surface area contributed by atoms with Crippen LogP contribution in [0.4, 0.5) is 5.82 Å². The van der Waals surface area contributed by atoms with Crippen LogP contribution in [0.25, 0.3) is 11.3 Å². The molecule has 5 nitrogen and oxygen atoms in total. The lowest BCUT2D eigenvalue weighted by atomic mass is 10.1. The Hall–Kier alpha value is -2.43. The molecule has 2 aromatic rings. The highest BCUT2D eigenvalue weighted by Crippen LogP contribution is 2.17. The molecule has 1 heterocycles. The van der Waals surface area contributed by atoms with E-state index in [2.05, 4.69) is 5.10 Å². The van der Waals surface area contributed by atoms with E-state index in [0.717, 1.165) is 11.1 Å². The van der Waals surface area contributed by atoms with Crippen LogP contribution in [0, 0.1) is 6.92 Å². The summed E-state index contributed by atoms with van der Waals surface area (Å²) in [5, 5.41) is 13.1. The van der Waals surface area contributed by atoms with E-state index in [1.54, 1.807) is 0 Å². The Morgan fingerprint density at radius 3 is 2.67 bits per heavy atom. The first-order valence-electron chi connectivity index (χ1n) is 5.52. The van der Waals surface area contributed by atoms with E-state index in [1.165, 1.54) is 4.68 Å². The predicted molar refractivity (Wildman–Crippen MR) is 66.7 cm³/mol. The average molecular weight is 244 g/mol. The molecule has 5 heteroatoms. The minimum Gasteiger partial charge on any atom is -0.478 e. The highest BCUT2D eigenvalue weighted by Gasteiger charge is 2.16. The van der Waals surface area contributed by atoms with Gasteiger partial charge >= 0.3 is 5.97 Å². The summed E-state index contributed by atoms with van der Waals surface area (Å²) in [5.41, 5.74) is 8.27. The highest BCUT2D eigenvalue weighted by atomic mass is 16.4. The number of aryl methyl sites for hydroxylation is 1. The van der Waals surface area contributed by atoms with E-state index in [9.17, 15) is 4.79 Å². The molecular formula is C13H14N3O2+. The molecule has 0 aliphatic heterocycles. The van der Waals surface area contributed by atoms with Crippen molar-refractivity contribution in [1.29, 1.82) is 0 Å². The van der Waals surface area contributed by atoms with Gasteiger partial charge in [-0.2, -0.15) is 0 Å². The number of nitrogen functional groups attached to an aromatic ring is 1. The summed E-state index contributed by atoms with van der Waals surface area (Å²) >= 11 is 0. The second-order valence-corrected chi connectivity index (χ2v) is 4.02. The summed E-state index contributed by atoms with van der Waals surface area (Å²) < 4.78 is 1.31. The molecule has 1 aromatic heterocycles. The lowest BCUT2D eigenvalue weighted by Gasteiger charge is -2.05. The van der Waals surface area contributed by atoms with Gasteiger partial charge in [0.2, 0.25) is 6.54 Å². The quantitative estimate of drug-likeness (QED) is 0.790. The van der Waals surface area contributed by atoms with Crippen molar-refractivity contribution in [3.8, 4) is 11.3 Å². The van der Waals surface area contributed by atoms with Gasteiger partial charge in [0, 0.05) is 11.1 Å². The first-order valence-corrected chi connectivity index (χ1v) is 5.52. The number of anilines is 1. The number of hydrogen-bond donors (Lipinski definition) is 2. The fourth-order valence-electron chi connectivity index (χ4n) is 1.69. The summed E-state index contributed by atoms with van der Waals surface area (Å²) in [7, 11) is 0. The molecule has 1 aromatic carbocycles. The third kappa shape index (κ3) is 2.45. The number of hydrogen-bond acceptors (Lipinski definition) is 3. The van der Waals surface area contributed by atoms with Gasteiger partial charge in [-0.1, -0.05) is 35.4 Å². The normalized spacial score (nSPS) is 10.3. The molecule has 0 bridgehead atoms. The van der Waals surface area contributed by atoms with Crippen LogP contribution in [0.3, 0.4) is 0 Å². The van der Waals surface area contributed by atoms with Crippen LogP contribution in [0.2, 0.25) is 0 Å². The van der Waals surface area contributed by atoms with Gasteiger partial charge < -0.3 is 5.11 Å². The Kier molecular flexibility index (Phi) is 3.23. The van der Waals surface area contributed by atoms with Crippen LogP contribution in [-0.2, 0) is 11.3 Å². The first-order chi connectivity index (χ1) is 8.58. The Balaban J connectivity index is 2.51. The summed E-state index contributed by atoms with van der Waals surface area (Å²) in [4.78, 5) is 10.8. The van der Waals surface area contributed by atoms with Gasteiger partial charge in [0.15, 0.2) is 0 Å². The topological polar surface area (TPSA) is 80.1 Å². The molecule has 0 radical (unpaired) electrons. The van der Waals surface area contributed by atoms with Crippen LogP contribution in [-0.4, -0.2) is 16.2 Å². The maximum absolute atomic E-state index is 10.8. The average Bonchev–Trinajstić information content (AvgIpc) is 2.35. The number of carboxylic acid groups (broad SMARTS) is 1. The van der Waals surface area contributed by atoms with Crippen molar-refractivity contribution in [1.82, 2.24) is 5.10 Å². The maximum atomic E-state index is 10.8. The van der Waals surface area contributed by atoms with Crippen molar-refractivity contribution < 1.29 is 14.6 Å². The monoisotopic (exact) mass is 244 g/mol. The van der Waals surface area contributed by atoms with E-state index in [0.29, 0.717) is 11.5 Å². The number of nitrogens with zero attached hydrogens (tertiary/aromatic N) is 2. The number of carbonyl (C=O) groups is 1. The van der Waals surface area contributed by atoms with Gasteiger partial charge in [-0.15, -0.1) is 4.68 Å². The fraction of sp³-hybridized carbons (Fsp3) is 0.154. The molecule has 0 aliphatic rings. The molecule has 18 heavy (non-hydrogen) atoms. The molecule has 0 aliphatic carbocycles. The molecule has 0 spiro atoms. The zero-order chi connectivity index (χ0) is 13.1. The highest BCUT2D eigenvalue weighted by molar-refractivity contribution is 5.65. The molecule has 3 N–H and O–H groups in total. The van der Waals surface area contributed by atoms with Crippen molar-refractivity contribution >= 4 is 11.8 Å². The van der Waals surface area contributed by atoms with Gasteiger partial charge in [0.25, 0.3) is 5.82 Å². The van der Waals surface area contributed by atoms with E-state index in [1.807, 2.05) is 43.3 Å². The van der Waals surface area contributed by atoms with Crippen LogP contribution in [0.5, 0.6) is 0 Å². The second-order valence-electron chi connectivity index (χ2n) is 4.02. The number of aromatic nitrogens is 2. The number of aliphatic carboxylic acids is 1. The SMILES string of the molecule is Cc1cc(-c2ccccc2)n[n+](CC(=O)O)c1N. The molecule has 92 valence electrons. The van der Waals surface area contributed by atoms with Crippen molar-refractivity contribution in [3.05, 3.63) is 42.0 Å². The number of carboxylic acids is 1. The van der Waals surface area contributed by atoms with Crippen molar-refractivity contribution in [2.24, 2.45) is 0 Å². The van der Waals surface area contributed by atoms with Crippen LogP contribution in [0.1, 0.15) is 5.56 Å². The third-order valence-electron chi connectivity index (χ3n) is 2.62. The molecule has 2 rings (SSSR count). The smallest absolute Gasteiger partial charge is 0.348 e.